The third-order valence-electron chi connectivity index (χ3n) is 4.23. The predicted octanol–water partition coefficient (Wildman–Crippen LogP) is 6.06. The van der Waals surface area contributed by atoms with Crippen LogP contribution in [0.15, 0.2) is 72.8 Å². The van der Waals surface area contributed by atoms with Crippen molar-refractivity contribution >= 4 is 40.5 Å². The fourth-order valence-electron chi connectivity index (χ4n) is 2.75. The van der Waals surface area contributed by atoms with E-state index in [1.54, 1.807) is 18.2 Å². The Balaban J connectivity index is 1.39. The van der Waals surface area contributed by atoms with Crippen molar-refractivity contribution in [1.82, 2.24) is 0 Å². The Morgan fingerprint density at radius 1 is 0.931 bits per heavy atom. The van der Waals surface area contributed by atoms with Gasteiger partial charge in [0.25, 0.3) is 0 Å². The van der Waals surface area contributed by atoms with E-state index in [2.05, 4.69) is 22.8 Å². The van der Waals surface area contributed by atoms with Crippen LogP contribution >= 0.6 is 23.2 Å². The summed E-state index contributed by atoms with van der Waals surface area (Å²) in [6.45, 7) is 0.768. The Morgan fingerprint density at radius 2 is 1.69 bits per heavy atom. The molecule has 4 nitrogen and oxygen atoms in total. The molecular weight excluding hydrogens is 407 g/mol. The van der Waals surface area contributed by atoms with Crippen molar-refractivity contribution in [2.75, 3.05) is 23.8 Å². The molecule has 0 unspecified atom stereocenters. The van der Waals surface area contributed by atoms with Gasteiger partial charge in [-0.2, -0.15) is 0 Å². The summed E-state index contributed by atoms with van der Waals surface area (Å²) < 4.78 is 5.78. The minimum absolute atomic E-state index is 0.111. The van der Waals surface area contributed by atoms with Crippen LogP contribution < -0.4 is 15.4 Å². The van der Waals surface area contributed by atoms with E-state index in [0.29, 0.717) is 22.3 Å². The van der Waals surface area contributed by atoms with E-state index in [1.807, 2.05) is 42.5 Å². The highest BCUT2D eigenvalue weighted by atomic mass is 35.5. The topological polar surface area (TPSA) is 50.4 Å². The number of anilines is 2. The second-order valence-corrected chi connectivity index (χ2v) is 7.33. The lowest BCUT2D eigenvalue weighted by atomic mass is 10.1. The number of aryl methyl sites for hydroxylation is 1. The van der Waals surface area contributed by atoms with Crippen LogP contribution in [0.2, 0.25) is 10.0 Å². The van der Waals surface area contributed by atoms with Crippen LogP contribution in [0.4, 0.5) is 11.4 Å². The van der Waals surface area contributed by atoms with Gasteiger partial charge in [0.05, 0.1) is 23.9 Å². The first-order valence-electron chi connectivity index (χ1n) is 9.36. The molecule has 150 valence electrons. The number of rotatable bonds is 9. The van der Waals surface area contributed by atoms with Gasteiger partial charge in [0.1, 0.15) is 5.75 Å². The van der Waals surface area contributed by atoms with Crippen LogP contribution in [-0.4, -0.2) is 19.1 Å². The van der Waals surface area contributed by atoms with E-state index in [1.165, 1.54) is 5.56 Å². The summed E-state index contributed by atoms with van der Waals surface area (Å²) in [6.07, 6.45) is 1.95. The van der Waals surface area contributed by atoms with Gasteiger partial charge in [0, 0.05) is 10.7 Å². The third-order valence-corrected chi connectivity index (χ3v) is 4.80. The highest BCUT2D eigenvalue weighted by molar-refractivity contribution is 6.35. The van der Waals surface area contributed by atoms with Crippen LogP contribution in [0.3, 0.4) is 0 Å². The van der Waals surface area contributed by atoms with Crippen molar-refractivity contribution in [3.63, 3.8) is 0 Å². The van der Waals surface area contributed by atoms with Gasteiger partial charge in [0.15, 0.2) is 0 Å². The molecule has 0 bridgehead atoms. The fraction of sp³-hybridized carbons (Fsp3) is 0.174. The molecule has 3 aromatic rings. The molecule has 0 aliphatic rings. The van der Waals surface area contributed by atoms with Crippen molar-refractivity contribution in [1.29, 1.82) is 0 Å². The van der Waals surface area contributed by atoms with E-state index in [-0.39, 0.29) is 12.5 Å². The van der Waals surface area contributed by atoms with E-state index in [4.69, 9.17) is 27.9 Å². The summed E-state index contributed by atoms with van der Waals surface area (Å²) in [6, 6.07) is 22.8. The summed E-state index contributed by atoms with van der Waals surface area (Å²) in [5, 5.41) is 6.76. The molecule has 3 aromatic carbocycles. The Kier molecular flexibility index (Phi) is 7.79. The molecule has 0 heterocycles. The number of carbonyl (C=O) groups excluding carboxylic acids is 1. The molecule has 29 heavy (non-hydrogen) atoms. The average Bonchev–Trinajstić information content (AvgIpc) is 2.74. The Morgan fingerprint density at radius 3 is 2.45 bits per heavy atom. The number of hydrogen-bond acceptors (Lipinski definition) is 3. The molecule has 1 amide bonds. The van der Waals surface area contributed by atoms with Gasteiger partial charge in [-0.3, -0.25) is 4.79 Å². The van der Waals surface area contributed by atoms with Gasteiger partial charge in [-0.1, -0.05) is 53.5 Å². The maximum atomic E-state index is 12.1. The lowest BCUT2D eigenvalue weighted by Gasteiger charge is -2.10. The molecule has 0 spiro atoms. The normalized spacial score (nSPS) is 10.4. The molecule has 0 saturated carbocycles. The van der Waals surface area contributed by atoms with Crippen LogP contribution in [0, 0.1) is 0 Å². The third kappa shape index (κ3) is 7.00. The maximum absolute atomic E-state index is 12.1. The summed E-state index contributed by atoms with van der Waals surface area (Å²) in [4.78, 5) is 12.1. The maximum Gasteiger partial charge on any atom is 0.243 e. The summed E-state index contributed by atoms with van der Waals surface area (Å²) >= 11 is 12.0. The Labute approximate surface area is 180 Å². The monoisotopic (exact) mass is 428 g/mol. The molecule has 3 rings (SSSR count). The zero-order valence-electron chi connectivity index (χ0n) is 15.8. The molecule has 0 aliphatic carbocycles. The first-order chi connectivity index (χ1) is 14.1. The van der Waals surface area contributed by atoms with Crippen molar-refractivity contribution in [3.8, 4) is 5.75 Å². The quantitative estimate of drug-likeness (QED) is 0.407. The van der Waals surface area contributed by atoms with Crippen molar-refractivity contribution < 1.29 is 9.53 Å². The molecule has 0 aliphatic heterocycles. The van der Waals surface area contributed by atoms with E-state index in [9.17, 15) is 4.79 Å². The van der Waals surface area contributed by atoms with Crippen LogP contribution in [0.25, 0.3) is 0 Å². The van der Waals surface area contributed by atoms with E-state index < -0.39 is 0 Å². The second-order valence-electron chi connectivity index (χ2n) is 6.49. The van der Waals surface area contributed by atoms with Gasteiger partial charge < -0.3 is 15.4 Å². The SMILES string of the molecule is O=C(CNc1ccc(OCCCc2ccccc2)cc1)Nc1cc(Cl)ccc1Cl. The molecular formula is C23H22Cl2N2O2. The number of amides is 1. The molecule has 0 atom stereocenters. The largest absolute Gasteiger partial charge is 0.494 e. The molecule has 0 fully saturated rings. The number of hydrogen-bond donors (Lipinski definition) is 2. The molecule has 6 heteroatoms. The van der Waals surface area contributed by atoms with Gasteiger partial charge in [-0.25, -0.2) is 0 Å². The minimum Gasteiger partial charge on any atom is -0.494 e. The van der Waals surface area contributed by atoms with Gasteiger partial charge in [0.2, 0.25) is 5.91 Å². The fourth-order valence-corrected chi connectivity index (χ4v) is 3.09. The number of carbonyl (C=O) groups is 1. The Hall–Kier alpha value is -2.69. The summed E-state index contributed by atoms with van der Waals surface area (Å²) in [7, 11) is 0. The number of benzene rings is 3. The average molecular weight is 429 g/mol. The number of ether oxygens (including phenoxy) is 1. The summed E-state index contributed by atoms with van der Waals surface area (Å²) in [5.41, 5.74) is 2.63. The van der Waals surface area contributed by atoms with Gasteiger partial charge in [-0.15, -0.1) is 0 Å². The molecule has 0 saturated heterocycles. The minimum atomic E-state index is -0.213. The van der Waals surface area contributed by atoms with Crippen LogP contribution in [-0.2, 0) is 11.2 Å². The molecule has 2 N–H and O–H groups in total. The van der Waals surface area contributed by atoms with Gasteiger partial charge in [-0.05, 0) is 60.9 Å². The van der Waals surface area contributed by atoms with Crippen LogP contribution in [0.5, 0.6) is 5.75 Å². The highest BCUT2D eigenvalue weighted by Gasteiger charge is 2.07. The lowest BCUT2D eigenvalue weighted by molar-refractivity contribution is -0.114. The van der Waals surface area contributed by atoms with Crippen molar-refractivity contribution in [2.24, 2.45) is 0 Å². The predicted molar refractivity (Wildman–Crippen MR) is 120 cm³/mol. The second kappa shape index (κ2) is 10.7. The number of nitrogens with one attached hydrogen (secondary N) is 2. The van der Waals surface area contributed by atoms with Crippen molar-refractivity contribution in [2.45, 2.75) is 12.8 Å². The van der Waals surface area contributed by atoms with Crippen molar-refractivity contribution in [3.05, 3.63) is 88.4 Å². The van der Waals surface area contributed by atoms with Crippen LogP contribution in [0.1, 0.15) is 12.0 Å². The zero-order chi connectivity index (χ0) is 20.5. The highest BCUT2D eigenvalue weighted by Crippen LogP contribution is 2.25. The zero-order valence-corrected chi connectivity index (χ0v) is 17.3. The van der Waals surface area contributed by atoms with Gasteiger partial charge >= 0.3 is 0 Å². The van der Waals surface area contributed by atoms with E-state index >= 15 is 0 Å². The lowest BCUT2D eigenvalue weighted by Crippen LogP contribution is -2.21. The standard InChI is InChI=1S/C23H22Cl2N2O2/c24-18-8-13-21(25)22(15-18)27-23(28)16-26-19-9-11-20(12-10-19)29-14-4-7-17-5-2-1-3-6-17/h1-3,5-6,8-13,15,26H,4,7,14,16H2,(H,27,28). The summed E-state index contributed by atoms with van der Waals surface area (Å²) in [5.74, 6) is 0.592. The number of halogens is 2. The Bertz CT molecular complexity index is 931. The smallest absolute Gasteiger partial charge is 0.243 e. The first kappa shape index (κ1) is 21.0. The first-order valence-corrected chi connectivity index (χ1v) is 10.1. The molecule has 0 radical (unpaired) electrons. The van der Waals surface area contributed by atoms with E-state index in [0.717, 1.165) is 24.3 Å². The molecule has 0 aromatic heterocycles.